The maximum Gasteiger partial charge on any atom is 0.240 e. The summed E-state index contributed by atoms with van der Waals surface area (Å²) in [6.07, 6.45) is 4.06. The largest absolute Gasteiger partial charge is 0.324 e. The molecule has 1 aromatic rings. The molecule has 0 radical (unpaired) electrons. The fraction of sp³-hybridized carbons (Fsp3) is 0.438. The molecule has 0 spiro atoms. The topological polar surface area (TPSA) is 29.1 Å². The van der Waals surface area contributed by atoms with Crippen molar-refractivity contribution in [1.82, 2.24) is 5.32 Å². The van der Waals surface area contributed by atoms with Gasteiger partial charge in [-0.1, -0.05) is 57.0 Å². The zero-order valence-electron chi connectivity index (χ0n) is 11.6. The summed E-state index contributed by atoms with van der Waals surface area (Å²) in [7, 11) is 0. The fourth-order valence-electron chi connectivity index (χ4n) is 2.30. The van der Waals surface area contributed by atoms with Crippen LogP contribution >= 0.6 is 11.8 Å². The molecule has 1 heterocycles. The van der Waals surface area contributed by atoms with Crippen molar-refractivity contribution in [2.24, 2.45) is 0 Å². The van der Waals surface area contributed by atoms with Crippen LogP contribution in [0.5, 0.6) is 0 Å². The van der Waals surface area contributed by atoms with Crippen molar-refractivity contribution in [3.05, 3.63) is 41.3 Å². The SMILES string of the molecule is CCCC[C@]1(CC)SC=C(c2ccccc2)NC1=O. The minimum Gasteiger partial charge on any atom is -0.324 e. The van der Waals surface area contributed by atoms with Crippen molar-refractivity contribution in [3.63, 3.8) is 0 Å². The molecule has 1 aliphatic heterocycles. The van der Waals surface area contributed by atoms with E-state index < -0.39 is 0 Å². The molecule has 102 valence electrons. The lowest BCUT2D eigenvalue weighted by Gasteiger charge is -2.33. The number of hydrogen-bond donors (Lipinski definition) is 1. The average Bonchev–Trinajstić information content (AvgIpc) is 2.47. The standard InChI is InChI=1S/C16H21NOS/c1-3-5-11-16(4-2)15(18)17-14(12-19-16)13-9-7-6-8-10-13/h6-10,12H,3-5,11H2,1-2H3,(H,17,18)/t16-/m0/s1. The van der Waals surface area contributed by atoms with Gasteiger partial charge in [-0.25, -0.2) is 0 Å². The molecule has 1 N–H and O–H groups in total. The highest BCUT2D eigenvalue weighted by atomic mass is 32.2. The van der Waals surface area contributed by atoms with Crippen LogP contribution in [0.3, 0.4) is 0 Å². The second-order valence-corrected chi connectivity index (χ2v) is 6.17. The normalized spacial score (nSPS) is 22.8. The summed E-state index contributed by atoms with van der Waals surface area (Å²) in [5, 5.41) is 5.19. The lowest BCUT2D eigenvalue weighted by Crippen LogP contribution is -2.45. The van der Waals surface area contributed by atoms with Gasteiger partial charge in [0.2, 0.25) is 5.91 Å². The molecule has 0 saturated heterocycles. The van der Waals surface area contributed by atoms with Crippen LogP contribution in [-0.2, 0) is 4.79 Å². The van der Waals surface area contributed by atoms with Gasteiger partial charge < -0.3 is 5.32 Å². The Hall–Kier alpha value is -1.22. The molecule has 0 fully saturated rings. The van der Waals surface area contributed by atoms with E-state index in [-0.39, 0.29) is 10.7 Å². The first kappa shape index (κ1) is 14.2. The second-order valence-electron chi connectivity index (χ2n) is 4.92. The summed E-state index contributed by atoms with van der Waals surface area (Å²) in [5.74, 6) is 0.162. The van der Waals surface area contributed by atoms with Crippen molar-refractivity contribution in [3.8, 4) is 0 Å². The number of rotatable bonds is 5. The first-order chi connectivity index (χ1) is 9.22. The van der Waals surface area contributed by atoms with Crippen molar-refractivity contribution in [1.29, 1.82) is 0 Å². The first-order valence-electron chi connectivity index (χ1n) is 6.96. The van der Waals surface area contributed by atoms with E-state index in [1.807, 2.05) is 30.3 Å². The number of hydrogen-bond acceptors (Lipinski definition) is 2. The number of carbonyl (C=O) groups is 1. The summed E-state index contributed by atoms with van der Waals surface area (Å²) >= 11 is 1.69. The van der Waals surface area contributed by atoms with Gasteiger partial charge in [0.15, 0.2) is 0 Å². The van der Waals surface area contributed by atoms with E-state index in [9.17, 15) is 4.79 Å². The Kier molecular flexibility index (Phi) is 4.70. The molecule has 0 bridgehead atoms. The molecule has 3 heteroatoms. The van der Waals surface area contributed by atoms with Crippen molar-refractivity contribution >= 4 is 23.4 Å². The minimum absolute atomic E-state index is 0.162. The Labute approximate surface area is 119 Å². The summed E-state index contributed by atoms with van der Waals surface area (Å²) in [6.45, 7) is 4.27. The zero-order valence-corrected chi connectivity index (χ0v) is 12.4. The molecule has 0 aliphatic carbocycles. The number of nitrogens with one attached hydrogen (secondary N) is 1. The van der Waals surface area contributed by atoms with E-state index in [1.165, 1.54) is 0 Å². The third kappa shape index (κ3) is 3.03. The summed E-state index contributed by atoms with van der Waals surface area (Å²) in [5.41, 5.74) is 2.00. The van der Waals surface area contributed by atoms with Gasteiger partial charge in [0.1, 0.15) is 0 Å². The molecule has 19 heavy (non-hydrogen) atoms. The predicted octanol–water partition coefficient (Wildman–Crippen LogP) is 4.19. The lowest BCUT2D eigenvalue weighted by molar-refractivity contribution is -0.122. The van der Waals surface area contributed by atoms with Gasteiger partial charge in [-0.3, -0.25) is 4.79 Å². The molecule has 0 aromatic heterocycles. The predicted molar refractivity (Wildman–Crippen MR) is 82.7 cm³/mol. The van der Waals surface area contributed by atoms with Gasteiger partial charge in [-0.05, 0) is 23.8 Å². The third-order valence-corrected chi connectivity index (χ3v) is 5.14. The highest BCUT2D eigenvalue weighted by Crippen LogP contribution is 2.40. The molecule has 0 unspecified atom stereocenters. The Morgan fingerprint density at radius 2 is 1.95 bits per heavy atom. The smallest absolute Gasteiger partial charge is 0.240 e. The van der Waals surface area contributed by atoms with E-state index >= 15 is 0 Å². The van der Waals surface area contributed by atoms with E-state index in [1.54, 1.807) is 11.8 Å². The molecule has 2 rings (SSSR count). The lowest BCUT2D eigenvalue weighted by atomic mass is 9.96. The average molecular weight is 275 g/mol. The summed E-state index contributed by atoms with van der Waals surface area (Å²) in [6, 6.07) is 10.0. The van der Waals surface area contributed by atoms with Crippen LogP contribution in [0, 0.1) is 0 Å². The van der Waals surface area contributed by atoms with E-state index in [0.717, 1.165) is 36.9 Å². The maximum absolute atomic E-state index is 12.5. The van der Waals surface area contributed by atoms with Gasteiger partial charge in [0.25, 0.3) is 0 Å². The number of amides is 1. The first-order valence-corrected chi connectivity index (χ1v) is 7.84. The molecule has 1 aromatic carbocycles. The van der Waals surface area contributed by atoms with Crippen LogP contribution in [0.2, 0.25) is 0 Å². The molecule has 1 atom stereocenters. The monoisotopic (exact) mass is 275 g/mol. The Bertz CT molecular complexity index is 469. The zero-order chi connectivity index (χ0) is 13.7. The van der Waals surface area contributed by atoms with Crippen molar-refractivity contribution < 1.29 is 4.79 Å². The number of thioether (sulfide) groups is 1. The minimum atomic E-state index is -0.270. The fourth-order valence-corrected chi connectivity index (χ4v) is 3.43. The number of unbranched alkanes of at least 4 members (excludes halogenated alkanes) is 1. The van der Waals surface area contributed by atoms with Gasteiger partial charge >= 0.3 is 0 Å². The van der Waals surface area contributed by atoms with Crippen molar-refractivity contribution in [2.45, 2.75) is 44.3 Å². The molecule has 2 nitrogen and oxygen atoms in total. The second kappa shape index (κ2) is 6.29. The summed E-state index contributed by atoms with van der Waals surface area (Å²) < 4.78 is -0.270. The molecular formula is C16H21NOS. The van der Waals surface area contributed by atoms with Crippen molar-refractivity contribution in [2.75, 3.05) is 0 Å². The number of carbonyl (C=O) groups excluding carboxylic acids is 1. The van der Waals surface area contributed by atoms with Crippen LogP contribution in [0.25, 0.3) is 5.70 Å². The van der Waals surface area contributed by atoms with Crippen LogP contribution < -0.4 is 5.32 Å². The van der Waals surface area contributed by atoms with Crippen LogP contribution in [0.15, 0.2) is 35.7 Å². The van der Waals surface area contributed by atoms with E-state index in [2.05, 4.69) is 24.6 Å². The molecular weight excluding hydrogens is 254 g/mol. The molecule has 1 aliphatic rings. The number of benzene rings is 1. The van der Waals surface area contributed by atoms with E-state index in [0.29, 0.717) is 0 Å². The maximum atomic E-state index is 12.5. The highest BCUT2D eigenvalue weighted by Gasteiger charge is 2.39. The van der Waals surface area contributed by atoms with E-state index in [4.69, 9.17) is 0 Å². The van der Waals surface area contributed by atoms with Gasteiger partial charge in [0, 0.05) is 0 Å². The van der Waals surface area contributed by atoms with Gasteiger partial charge in [-0.15, -0.1) is 11.8 Å². The van der Waals surface area contributed by atoms with Gasteiger partial charge in [0.05, 0.1) is 10.4 Å². The Morgan fingerprint density at radius 1 is 1.21 bits per heavy atom. The Morgan fingerprint density at radius 3 is 2.53 bits per heavy atom. The highest BCUT2D eigenvalue weighted by molar-refractivity contribution is 8.04. The Balaban J connectivity index is 2.19. The molecule has 1 amide bonds. The molecule has 0 saturated carbocycles. The third-order valence-electron chi connectivity index (χ3n) is 3.65. The van der Waals surface area contributed by atoms with Crippen LogP contribution in [0.4, 0.5) is 0 Å². The van der Waals surface area contributed by atoms with Crippen LogP contribution in [0.1, 0.15) is 45.1 Å². The summed E-state index contributed by atoms with van der Waals surface area (Å²) in [4.78, 5) is 12.5. The quantitative estimate of drug-likeness (QED) is 0.873. The van der Waals surface area contributed by atoms with Crippen LogP contribution in [-0.4, -0.2) is 10.7 Å². The van der Waals surface area contributed by atoms with Gasteiger partial charge in [-0.2, -0.15) is 0 Å².